The standard InChI is InChI=1S/C22H30N4O4S/c1-13(2)14(3)23-20(28)16-5-8-26(9-6-16)19(27)11-17-12-31-22(24-17)25-21(29)18-7-10-30-15(18)4/h7,10,12-14,16H,5-6,8-9,11H2,1-4H3,(H,23,28)(H,24,25,29). The van der Waals surface area contributed by atoms with Gasteiger partial charge in [0, 0.05) is 30.4 Å². The van der Waals surface area contributed by atoms with Gasteiger partial charge in [0.25, 0.3) is 5.91 Å². The van der Waals surface area contributed by atoms with E-state index in [0.717, 1.165) is 0 Å². The van der Waals surface area contributed by atoms with Crippen LogP contribution < -0.4 is 10.6 Å². The van der Waals surface area contributed by atoms with Crippen molar-refractivity contribution in [2.45, 2.75) is 53.0 Å². The first-order valence-corrected chi connectivity index (χ1v) is 11.5. The summed E-state index contributed by atoms with van der Waals surface area (Å²) in [6, 6.07) is 1.75. The predicted octanol–water partition coefficient (Wildman–Crippen LogP) is 3.24. The minimum Gasteiger partial charge on any atom is -0.469 e. The normalized spacial score (nSPS) is 15.7. The lowest BCUT2D eigenvalue weighted by Gasteiger charge is -2.32. The highest BCUT2D eigenvalue weighted by Gasteiger charge is 2.28. The minimum atomic E-state index is -0.286. The van der Waals surface area contributed by atoms with Crippen molar-refractivity contribution >= 4 is 34.2 Å². The SMILES string of the molecule is Cc1occc1C(=O)Nc1nc(CC(=O)N2CCC(C(=O)NC(C)C(C)C)CC2)cs1. The summed E-state index contributed by atoms with van der Waals surface area (Å²) >= 11 is 1.28. The lowest BCUT2D eigenvalue weighted by Crippen LogP contribution is -2.46. The van der Waals surface area contributed by atoms with E-state index < -0.39 is 0 Å². The Hall–Kier alpha value is -2.68. The van der Waals surface area contributed by atoms with Crippen LogP contribution in [0.4, 0.5) is 5.13 Å². The third-order valence-corrected chi connectivity index (χ3v) is 6.60. The van der Waals surface area contributed by atoms with Gasteiger partial charge in [0.05, 0.1) is 23.9 Å². The number of nitrogens with one attached hydrogen (secondary N) is 2. The molecule has 2 N–H and O–H groups in total. The second-order valence-corrected chi connectivity index (χ2v) is 9.22. The zero-order valence-corrected chi connectivity index (χ0v) is 19.3. The Bertz CT molecular complexity index is 928. The molecule has 0 saturated carbocycles. The Balaban J connectivity index is 1.47. The van der Waals surface area contributed by atoms with E-state index in [1.165, 1.54) is 17.6 Å². The summed E-state index contributed by atoms with van der Waals surface area (Å²) < 4.78 is 5.15. The molecular weight excluding hydrogens is 416 g/mol. The number of anilines is 1. The molecule has 0 spiro atoms. The quantitative estimate of drug-likeness (QED) is 0.679. The van der Waals surface area contributed by atoms with Crippen molar-refractivity contribution in [3.63, 3.8) is 0 Å². The Morgan fingerprint density at radius 1 is 1.26 bits per heavy atom. The van der Waals surface area contributed by atoms with Crippen LogP contribution in [-0.2, 0) is 16.0 Å². The third kappa shape index (κ3) is 5.94. The zero-order chi connectivity index (χ0) is 22.5. The fraction of sp³-hybridized carbons (Fsp3) is 0.545. The molecule has 3 rings (SSSR count). The van der Waals surface area contributed by atoms with Gasteiger partial charge in [0.15, 0.2) is 5.13 Å². The molecule has 1 unspecified atom stereocenters. The van der Waals surface area contributed by atoms with Crippen LogP contribution in [-0.4, -0.2) is 46.7 Å². The number of rotatable bonds is 7. The molecule has 3 amide bonds. The van der Waals surface area contributed by atoms with Crippen LogP contribution >= 0.6 is 11.3 Å². The second kappa shape index (κ2) is 10.1. The molecule has 8 nitrogen and oxygen atoms in total. The zero-order valence-electron chi connectivity index (χ0n) is 18.4. The Morgan fingerprint density at radius 2 is 1.97 bits per heavy atom. The first kappa shape index (κ1) is 23.0. The highest BCUT2D eigenvalue weighted by molar-refractivity contribution is 7.14. The molecule has 9 heteroatoms. The van der Waals surface area contributed by atoms with Crippen molar-refractivity contribution in [2.24, 2.45) is 11.8 Å². The largest absolute Gasteiger partial charge is 0.469 e. The van der Waals surface area contributed by atoms with Gasteiger partial charge in [-0.05, 0) is 38.7 Å². The number of hydrogen-bond acceptors (Lipinski definition) is 6. The molecule has 1 aliphatic rings. The molecular formula is C22H30N4O4S. The fourth-order valence-electron chi connectivity index (χ4n) is 3.40. The van der Waals surface area contributed by atoms with E-state index >= 15 is 0 Å². The van der Waals surface area contributed by atoms with Gasteiger partial charge in [-0.1, -0.05) is 13.8 Å². The Labute approximate surface area is 186 Å². The van der Waals surface area contributed by atoms with Crippen LogP contribution in [0.3, 0.4) is 0 Å². The molecule has 1 fully saturated rings. The van der Waals surface area contributed by atoms with Crippen LogP contribution in [0.2, 0.25) is 0 Å². The maximum absolute atomic E-state index is 12.7. The molecule has 3 heterocycles. The minimum absolute atomic E-state index is 0.0109. The number of aromatic nitrogens is 1. The molecule has 2 aromatic heterocycles. The number of carbonyl (C=O) groups excluding carboxylic acids is 3. The van der Waals surface area contributed by atoms with E-state index in [2.05, 4.69) is 29.5 Å². The van der Waals surface area contributed by atoms with E-state index in [1.807, 2.05) is 6.92 Å². The van der Waals surface area contributed by atoms with Gasteiger partial charge in [-0.25, -0.2) is 4.98 Å². The van der Waals surface area contributed by atoms with Gasteiger partial charge in [-0.2, -0.15) is 0 Å². The van der Waals surface area contributed by atoms with Crippen molar-refractivity contribution in [1.29, 1.82) is 0 Å². The first-order valence-electron chi connectivity index (χ1n) is 10.6. The van der Waals surface area contributed by atoms with Gasteiger partial charge < -0.3 is 14.6 Å². The molecule has 1 aliphatic heterocycles. The Morgan fingerprint density at radius 3 is 2.58 bits per heavy atom. The van der Waals surface area contributed by atoms with Crippen molar-refractivity contribution in [3.05, 3.63) is 34.7 Å². The van der Waals surface area contributed by atoms with Crippen molar-refractivity contribution in [3.8, 4) is 0 Å². The molecule has 1 saturated heterocycles. The summed E-state index contributed by atoms with van der Waals surface area (Å²) in [6.07, 6.45) is 2.99. The van der Waals surface area contributed by atoms with Crippen LogP contribution in [0, 0.1) is 18.8 Å². The van der Waals surface area contributed by atoms with Gasteiger partial charge in [-0.3, -0.25) is 19.7 Å². The average Bonchev–Trinajstić information content (AvgIpc) is 3.36. The number of hydrogen-bond donors (Lipinski definition) is 2. The predicted molar refractivity (Wildman–Crippen MR) is 119 cm³/mol. The fourth-order valence-corrected chi connectivity index (χ4v) is 4.10. The molecule has 0 bridgehead atoms. The third-order valence-electron chi connectivity index (χ3n) is 5.80. The van der Waals surface area contributed by atoms with Gasteiger partial charge in [-0.15, -0.1) is 11.3 Å². The number of likely N-dealkylation sites (tertiary alicyclic amines) is 1. The highest BCUT2D eigenvalue weighted by atomic mass is 32.1. The summed E-state index contributed by atoms with van der Waals surface area (Å²) in [6.45, 7) is 9.04. The summed E-state index contributed by atoms with van der Waals surface area (Å²) in [5, 5.41) is 8.04. The van der Waals surface area contributed by atoms with E-state index in [1.54, 1.807) is 23.3 Å². The maximum Gasteiger partial charge on any atom is 0.260 e. The lowest BCUT2D eigenvalue weighted by atomic mass is 9.94. The number of thiazole rings is 1. The molecule has 0 aromatic carbocycles. The van der Waals surface area contributed by atoms with Crippen LogP contribution in [0.1, 0.15) is 55.4 Å². The number of piperidine rings is 1. The molecule has 1 atom stereocenters. The molecule has 31 heavy (non-hydrogen) atoms. The number of nitrogens with zero attached hydrogens (tertiary/aromatic N) is 2. The van der Waals surface area contributed by atoms with Crippen molar-refractivity contribution in [2.75, 3.05) is 18.4 Å². The van der Waals surface area contributed by atoms with E-state index in [-0.39, 0.29) is 36.1 Å². The van der Waals surface area contributed by atoms with Crippen LogP contribution in [0.25, 0.3) is 0 Å². The average molecular weight is 447 g/mol. The smallest absolute Gasteiger partial charge is 0.260 e. The number of furan rings is 1. The van der Waals surface area contributed by atoms with E-state index in [9.17, 15) is 14.4 Å². The van der Waals surface area contributed by atoms with Crippen molar-refractivity contribution < 1.29 is 18.8 Å². The number of aryl methyl sites for hydroxylation is 1. The topological polar surface area (TPSA) is 105 Å². The molecule has 2 aromatic rings. The van der Waals surface area contributed by atoms with E-state index in [0.29, 0.717) is 54.0 Å². The lowest BCUT2D eigenvalue weighted by molar-refractivity contribution is -0.135. The number of carbonyl (C=O) groups is 3. The molecule has 0 radical (unpaired) electrons. The van der Waals surface area contributed by atoms with Gasteiger partial charge in [0.1, 0.15) is 5.76 Å². The van der Waals surface area contributed by atoms with Gasteiger partial charge in [0.2, 0.25) is 11.8 Å². The summed E-state index contributed by atoms with van der Waals surface area (Å²) in [4.78, 5) is 43.5. The molecule has 0 aliphatic carbocycles. The summed E-state index contributed by atoms with van der Waals surface area (Å²) in [7, 11) is 0. The highest BCUT2D eigenvalue weighted by Crippen LogP contribution is 2.21. The van der Waals surface area contributed by atoms with Crippen LogP contribution in [0.15, 0.2) is 22.1 Å². The van der Waals surface area contributed by atoms with Crippen LogP contribution in [0.5, 0.6) is 0 Å². The van der Waals surface area contributed by atoms with Crippen molar-refractivity contribution in [1.82, 2.24) is 15.2 Å². The first-order chi connectivity index (χ1) is 14.7. The molecule has 168 valence electrons. The van der Waals surface area contributed by atoms with Gasteiger partial charge >= 0.3 is 0 Å². The van der Waals surface area contributed by atoms with E-state index in [4.69, 9.17) is 4.42 Å². The second-order valence-electron chi connectivity index (χ2n) is 8.36. The monoisotopic (exact) mass is 446 g/mol. The summed E-state index contributed by atoms with van der Waals surface area (Å²) in [5.41, 5.74) is 1.09. The Kier molecular flexibility index (Phi) is 7.48. The maximum atomic E-state index is 12.7. The summed E-state index contributed by atoms with van der Waals surface area (Å²) in [5.74, 6) is 0.676. The number of amides is 3.